The zero-order chi connectivity index (χ0) is 15.9. The number of piperazine rings is 1. The standard InChI is InChI=1S/C12H23F3N4O2/c1-2-3-10(11(16)17-20)19-6-4-18(5-7-19)8-9-21-12(13,14)15/h10,20H,2-9H2,1H3,(H2,16,17). The van der Waals surface area contributed by atoms with Gasteiger partial charge in [-0.2, -0.15) is 0 Å². The summed E-state index contributed by atoms with van der Waals surface area (Å²) in [5, 5.41) is 11.9. The Balaban J connectivity index is 2.36. The van der Waals surface area contributed by atoms with E-state index >= 15 is 0 Å². The van der Waals surface area contributed by atoms with Gasteiger partial charge in [0, 0.05) is 32.7 Å². The van der Waals surface area contributed by atoms with E-state index in [1.165, 1.54) is 0 Å². The van der Waals surface area contributed by atoms with E-state index in [1.54, 1.807) is 0 Å². The third-order valence-electron chi connectivity index (χ3n) is 3.54. The van der Waals surface area contributed by atoms with Gasteiger partial charge in [-0.1, -0.05) is 18.5 Å². The van der Waals surface area contributed by atoms with Crippen LogP contribution in [0.1, 0.15) is 19.8 Å². The Morgan fingerprint density at radius 2 is 1.95 bits per heavy atom. The molecule has 0 spiro atoms. The Kier molecular flexibility index (Phi) is 7.20. The number of amidine groups is 1. The summed E-state index contributed by atoms with van der Waals surface area (Å²) in [6.45, 7) is 4.53. The predicted molar refractivity (Wildman–Crippen MR) is 72.1 cm³/mol. The minimum atomic E-state index is -4.57. The molecule has 1 rings (SSSR count). The Labute approximate surface area is 122 Å². The number of hydrogen-bond acceptors (Lipinski definition) is 5. The van der Waals surface area contributed by atoms with Crippen LogP contribution in [0, 0.1) is 0 Å². The average Bonchev–Trinajstić information content (AvgIpc) is 2.43. The second-order valence-corrected chi connectivity index (χ2v) is 5.00. The van der Waals surface area contributed by atoms with Crippen molar-refractivity contribution >= 4 is 5.84 Å². The maximum atomic E-state index is 11.9. The van der Waals surface area contributed by atoms with Crippen molar-refractivity contribution in [3.05, 3.63) is 0 Å². The van der Waals surface area contributed by atoms with Gasteiger partial charge in [0.05, 0.1) is 12.6 Å². The maximum absolute atomic E-state index is 11.9. The molecule has 1 fully saturated rings. The lowest BCUT2D eigenvalue weighted by Crippen LogP contribution is -2.54. The van der Waals surface area contributed by atoms with E-state index in [9.17, 15) is 13.2 Å². The lowest BCUT2D eigenvalue weighted by atomic mass is 10.1. The van der Waals surface area contributed by atoms with Crippen LogP contribution in [0.15, 0.2) is 5.16 Å². The van der Waals surface area contributed by atoms with Crippen molar-refractivity contribution in [2.24, 2.45) is 10.9 Å². The highest BCUT2D eigenvalue weighted by atomic mass is 19.4. The molecule has 0 radical (unpaired) electrons. The third-order valence-corrected chi connectivity index (χ3v) is 3.54. The number of nitrogens with two attached hydrogens (primary N) is 1. The fraction of sp³-hybridized carbons (Fsp3) is 0.917. The summed E-state index contributed by atoms with van der Waals surface area (Å²) < 4.78 is 39.4. The van der Waals surface area contributed by atoms with Gasteiger partial charge in [-0.3, -0.25) is 14.5 Å². The first-order valence-corrected chi connectivity index (χ1v) is 7.02. The van der Waals surface area contributed by atoms with Crippen LogP contribution in [0.3, 0.4) is 0 Å². The minimum absolute atomic E-state index is 0.117. The van der Waals surface area contributed by atoms with Crippen LogP contribution >= 0.6 is 0 Å². The summed E-state index contributed by atoms with van der Waals surface area (Å²) in [7, 11) is 0. The van der Waals surface area contributed by atoms with E-state index in [0.717, 1.165) is 12.8 Å². The van der Waals surface area contributed by atoms with Crippen LogP contribution in [0.25, 0.3) is 0 Å². The maximum Gasteiger partial charge on any atom is 0.522 e. The molecule has 1 aliphatic heterocycles. The molecule has 0 aliphatic carbocycles. The van der Waals surface area contributed by atoms with Crippen LogP contribution in [0.2, 0.25) is 0 Å². The predicted octanol–water partition coefficient (Wildman–Crippen LogP) is 1.06. The van der Waals surface area contributed by atoms with Gasteiger partial charge in [0.15, 0.2) is 5.84 Å². The summed E-state index contributed by atoms with van der Waals surface area (Å²) in [5.41, 5.74) is 5.70. The molecule has 3 N–H and O–H groups in total. The van der Waals surface area contributed by atoms with E-state index in [0.29, 0.717) is 26.2 Å². The van der Waals surface area contributed by atoms with E-state index in [-0.39, 0.29) is 25.0 Å². The number of nitrogens with zero attached hydrogens (tertiary/aromatic N) is 3. The molecule has 1 unspecified atom stereocenters. The summed E-state index contributed by atoms with van der Waals surface area (Å²) in [4.78, 5) is 4.01. The second kappa shape index (κ2) is 8.40. The Morgan fingerprint density at radius 3 is 2.43 bits per heavy atom. The van der Waals surface area contributed by atoms with Crippen LogP contribution in [-0.2, 0) is 4.74 Å². The molecule has 0 amide bonds. The second-order valence-electron chi connectivity index (χ2n) is 5.00. The van der Waals surface area contributed by atoms with Gasteiger partial charge in [0.1, 0.15) is 0 Å². The van der Waals surface area contributed by atoms with Crippen molar-refractivity contribution in [1.82, 2.24) is 9.80 Å². The molecule has 21 heavy (non-hydrogen) atoms. The molecule has 0 aromatic heterocycles. The zero-order valence-electron chi connectivity index (χ0n) is 12.1. The molecule has 1 atom stereocenters. The molecule has 0 aromatic rings. The van der Waals surface area contributed by atoms with E-state index < -0.39 is 6.36 Å². The van der Waals surface area contributed by atoms with E-state index in [4.69, 9.17) is 10.9 Å². The normalized spacial score (nSPS) is 20.7. The number of alkyl halides is 3. The Morgan fingerprint density at radius 1 is 1.33 bits per heavy atom. The first-order chi connectivity index (χ1) is 9.87. The van der Waals surface area contributed by atoms with Crippen LogP contribution in [0.4, 0.5) is 13.2 Å². The minimum Gasteiger partial charge on any atom is -0.409 e. The van der Waals surface area contributed by atoms with Crippen LogP contribution in [-0.4, -0.2) is 72.6 Å². The van der Waals surface area contributed by atoms with Crippen LogP contribution in [0.5, 0.6) is 0 Å². The Hall–Kier alpha value is -1.06. The molecule has 9 heteroatoms. The highest BCUT2D eigenvalue weighted by Crippen LogP contribution is 2.16. The van der Waals surface area contributed by atoms with Crippen molar-refractivity contribution in [1.29, 1.82) is 0 Å². The molecule has 1 heterocycles. The highest BCUT2D eigenvalue weighted by Gasteiger charge is 2.30. The van der Waals surface area contributed by atoms with Gasteiger partial charge < -0.3 is 10.9 Å². The van der Waals surface area contributed by atoms with Crippen LogP contribution < -0.4 is 5.73 Å². The van der Waals surface area contributed by atoms with Gasteiger partial charge in [0.25, 0.3) is 0 Å². The first kappa shape index (κ1) is 18.0. The smallest absolute Gasteiger partial charge is 0.409 e. The first-order valence-electron chi connectivity index (χ1n) is 7.02. The van der Waals surface area contributed by atoms with E-state index in [1.807, 2.05) is 11.8 Å². The van der Waals surface area contributed by atoms with Gasteiger partial charge in [-0.05, 0) is 6.42 Å². The summed E-state index contributed by atoms with van der Waals surface area (Å²) >= 11 is 0. The van der Waals surface area contributed by atoms with E-state index in [2.05, 4.69) is 14.8 Å². The van der Waals surface area contributed by atoms with Crippen molar-refractivity contribution < 1.29 is 23.1 Å². The van der Waals surface area contributed by atoms with Crippen molar-refractivity contribution in [3.63, 3.8) is 0 Å². The average molecular weight is 312 g/mol. The molecule has 1 aliphatic rings. The topological polar surface area (TPSA) is 74.3 Å². The van der Waals surface area contributed by atoms with Crippen molar-refractivity contribution in [2.45, 2.75) is 32.2 Å². The molecule has 0 aromatic carbocycles. The number of halogens is 3. The number of oxime groups is 1. The molecular weight excluding hydrogens is 289 g/mol. The lowest BCUT2D eigenvalue weighted by molar-refractivity contribution is -0.325. The lowest BCUT2D eigenvalue weighted by Gasteiger charge is -2.38. The zero-order valence-corrected chi connectivity index (χ0v) is 12.1. The van der Waals surface area contributed by atoms with Crippen molar-refractivity contribution in [2.75, 3.05) is 39.3 Å². The molecular formula is C12H23F3N4O2. The largest absolute Gasteiger partial charge is 0.522 e. The number of hydrogen-bond donors (Lipinski definition) is 2. The molecule has 124 valence electrons. The SMILES string of the molecule is CCCC(C(N)=NO)N1CCN(CCOC(F)(F)F)CC1. The van der Waals surface area contributed by atoms with Gasteiger partial charge in [0.2, 0.25) is 0 Å². The van der Waals surface area contributed by atoms with Gasteiger partial charge in [-0.15, -0.1) is 13.2 Å². The van der Waals surface area contributed by atoms with Gasteiger partial charge >= 0.3 is 6.36 Å². The Bertz CT molecular complexity index is 331. The van der Waals surface area contributed by atoms with Crippen molar-refractivity contribution in [3.8, 4) is 0 Å². The fourth-order valence-electron chi connectivity index (χ4n) is 2.45. The summed E-state index contributed by atoms with van der Waals surface area (Å²) in [6, 6.07) is -0.117. The number of ether oxygens (including phenoxy) is 1. The molecule has 0 saturated carbocycles. The summed E-state index contributed by atoms with van der Waals surface area (Å²) in [6.07, 6.45) is -2.88. The number of rotatable bonds is 7. The fourth-order valence-corrected chi connectivity index (χ4v) is 2.45. The van der Waals surface area contributed by atoms with Gasteiger partial charge in [-0.25, -0.2) is 0 Å². The molecule has 6 nitrogen and oxygen atoms in total. The quantitative estimate of drug-likeness (QED) is 0.318. The molecule has 0 bridgehead atoms. The monoisotopic (exact) mass is 312 g/mol. The summed E-state index contributed by atoms with van der Waals surface area (Å²) in [5.74, 6) is 0.186. The highest BCUT2D eigenvalue weighted by molar-refractivity contribution is 5.85. The molecule has 1 saturated heterocycles. The third kappa shape index (κ3) is 6.49.